The van der Waals surface area contributed by atoms with Crippen LogP contribution in [-0.4, -0.2) is 25.7 Å². The van der Waals surface area contributed by atoms with E-state index < -0.39 is 0 Å². The van der Waals surface area contributed by atoms with Crippen LogP contribution in [0.4, 0.5) is 0 Å². The highest BCUT2D eigenvalue weighted by atomic mass is 79.9. The summed E-state index contributed by atoms with van der Waals surface area (Å²) in [6.07, 6.45) is 0. The van der Waals surface area contributed by atoms with Crippen molar-refractivity contribution in [3.05, 3.63) is 52.5 Å². The molecule has 0 radical (unpaired) electrons. The highest BCUT2D eigenvalue weighted by molar-refractivity contribution is 9.10. The molecular weight excluding hydrogens is 374 g/mol. The third-order valence-corrected chi connectivity index (χ3v) is 4.16. The van der Waals surface area contributed by atoms with Crippen LogP contribution in [-0.2, 0) is 4.79 Å². The van der Waals surface area contributed by atoms with E-state index in [1.165, 1.54) is 0 Å². The van der Waals surface area contributed by atoms with Crippen molar-refractivity contribution in [3.63, 3.8) is 0 Å². The fourth-order valence-electron chi connectivity index (χ4n) is 2.38. The first-order valence-corrected chi connectivity index (χ1v) is 8.48. The molecule has 1 N–H and O–H groups in total. The molecule has 0 aliphatic carbocycles. The van der Waals surface area contributed by atoms with Gasteiger partial charge >= 0.3 is 0 Å². The number of fused-ring (bicyclic) bond motifs is 1. The number of amides is 1. The Morgan fingerprint density at radius 3 is 2.62 bits per heavy atom. The lowest BCUT2D eigenvalue weighted by Crippen LogP contribution is -2.31. The number of benzene rings is 2. The van der Waals surface area contributed by atoms with Crippen LogP contribution in [0.25, 0.3) is 0 Å². The fraction of sp³-hybridized carbons (Fsp3) is 0.278. The Hall–Kier alpha value is -2.21. The number of hydrogen-bond donors (Lipinski definition) is 1. The monoisotopic (exact) mass is 391 g/mol. The first-order valence-electron chi connectivity index (χ1n) is 7.69. The van der Waals surface area contributed by atoms with Gasteiger partial charge in [-0.05, 0) is 48.9 Å². The normalized spacial score (nSPS) is 13.9. The molecule has 0 aromatic heterocycles. The lowest BCUT2D eigenvalue weighted by atomic mass is 10.1. The van der Waals surface area contributed by atoms with Crippen molar-refractivity contribution in [2.75, 3.05) is 19.8 Å². The summed E-state index contributed by atoms with van der Waals surface area (Å²) in [5.74, 6) is 1.92. The van der Waals surface area contributed by atoms with E-state index in [1.807, 2.05) is 49.4 Å². The third-order valence-electron chi connectivity index (χ3n) is 3.63. The summed E-state index contributed by atoms with van der Waals surface area (Å²) in [7, 11) is 0. The molecule has 1 aliphatic rings. The number of nitrogens with one attached hydrogen (secondary N) is 1. The van der Waals surface area contributed by atoms with Crippen LogP contribution < -0.4 is 19.5 Å². The van der Waals surface area contributed by atoms with E-state index in [9.17, 15) is 4.79 Å². The molecule has 2 aromatic carbocycles. The van der Waals surface area contributed by atoms with Gasteiger partial charge in [-0.2, -0.15) is 0 Å². The smallest absolute Gasteiger partial charge is 0.258 e. The Balaban J connectivity index is 1.55. The number of ether oxygens (including phenoxy) is 3. The summed E-state index contributed by atoms with van der Waals surface area (Å²) in [5, 5.41) is 2.92. The van der Waals surface area contributed by atoms with Crippen LogP contribution in [0.5, 0.6) is 17.2 Å². The molecule has 1 amide bonds. The molecule has 24 heavy (non-hydrogen) atoms. The van der Waals surface area contributed by atoms with Crippen molar-refractivity contribution in [2.24, 2.45) is 0 Å². The zero-order chi connectivity index (χ0) is 16.9. The summed E-state index contributed by atoms with van der Waals surface area (Å²) in [6, 6.07) is 12.9. The first kappa shape index (κ1) is 16.6. The van der Waals surface area contributed by atoms with Crippen LogP contribution >= 0.6 is 15.9 Å². The van der Waals surface area contributed by atoms with E-state index in [0.717, 1.165) is 15.8 Å². The maximum absolute atomic E-state index is 12.1. The fourth-order valence-corrected chi connectivity index (χ4v) is 2.64. The van der Waals surface area contributed by atoms with Crippen molar-refractivity contribution in [1.82, 2.24) is 5.32 Å². The average Bonchev–Trinajstić information content (AvgIpc) is 2.61. The van der Waals surface area contributed by atoms with Gasteiger partial charge in [-0.3, -0.25) is 4.79 Å². The summed E-state index contributed by atoms with van der Waals surface area (Å²) in [5.41, 5.74) is 0.955. The van der Waals surface area contributed by atoms with Crippen molar-refractivity contribution in [2.45, 2.75) is 13.0 Å². The van der Waals surface area contributed by atoms with E-state index in [0.29, 0.717) is 24.7 Å². The Morgan fingerprint density at radius 1 is 1.17 bits per heavy atom. The van der Waals surface area contributed by atoms with Gasteiger partial charge in [0.2, 0.25) is 0 Å². The first-order chi connectivity index (χ1) is 11.6. The number of carbonyl (C=O) groups excluding carboxylic acids is 1. The molecule has 0 saturated heterocycles. The van der Waals surface area contributed by atoms with Crippen molar-refractivity contribution in [1.29, 1.82) is 0 Å². The second kappa shape index (κ2) is 7.57. The van der Waals surface area contributed by atoms with Crippen LogP contribution in [0.15, 0.2) is 46.9 Å². The minimum absolute atomic E-state index is 0.0312. The molecule has 1 aliphatic heterocycles. The topological polar surface area (TPSA) is 56.8 Å². The molecule has 5 nitrogen and oxygen atoms in total. The van der Waals surface area contributed by atoms with E-state index >= 15 is 0 Å². The van der Waals surface area contributed by atoms with E-state index in [-0.39, 0.29) is 18.6 Å². The summed E-state index contributed by atoms with van der Waals surface area (Å²) in [6.45, 7) is 2.99. The Morgan fingerprint density at radius 2 is 1.88 bits per heavy atom. The molecule has 126 valence electrons. The molecule has 2 aromatic rings. The van der Waals surface area contributed by atoms with E-state index in [2.05, 4.69) is 21.2 Å². The highest BCUT2D eigenvalue weighted by Gasteiger charge is 2.16. The standard InChI is InChI=1S/C18H18BrNO4/c1-12(13-2-7-16-17(10-13)23-9-8-22-16)20-18(21)11-24-15-5-3-14(19)4-6-15/h2-7,10,12H,8-9,11H2,1H3,(H,20,21)/t12-/m0/s1. The van der Waals surface area contributed by atoms with Gasteiger partial charge in [-0.1, -0.05) is 22.0 Å². The number of halogens is 1. The minimum atomic E-state index is -0.180. The molecule has 0 unspecified atom stereocenters. The molecule has 6 heteroatoms. The molecule has 1 atom stereocenters. The van der Waals surface area contributed by atoms with Crippen LogP contribution in [0.1, 0.15) is 18.5 Å². The second-order valence-electron chi connectivity index (χ2n) is 5.43. The molecule has 0 spiro atoms. The van der Waals surface area contributed by atoms with Gasteiger partial charge in [-0.15, -0.1) is 0 Å². The summed E-state index contributed by atoms with van der Waals surface area (Å²) >= 11 is 3.36. The van der Waals surface area contributed by atoms with Gasteiger partial charge in [-0.25, -0.2) is 0 Å². The Labute approximate surface area is 149 Å². The molecule has 0 fully saturated rings. The quantitative estimate of drug-likeness (QED) is 0.847. The largest absolute Gasteiger partial charge is 0.486 e. The zero-order valence-corrected chi connectivity index (χ0v) is 14.8. The van der Waals surface area contributed by atoms with Gasteiger partial charge in [0, 0.05) is 4.47 Å². The van der Waals surface area contributed by atoms with Gasteiger partial charge in [0.25, 0.3) is 5.91 Å². The number of carbonyl (C=O) groups is 1. The summed E-state index contributed by atoms with van der Waals surface area (Å²) < 4.78 is 17.5. The molecule has 3 rings (SSSR count). The number of rotatable bonds is 5. The lowest BCUT2D eigenvalue weighted by molar-refractivity contribution is -0.123. The predicted molar refractivity (Wildman–Crippen MR) is 93.6 cm³/mol. The molecule has 0 bridgehead atoms. The highest BCUT2D eigenvalue weighted by Crippen LogP contribution is 2.32. The molecule has 1 heterocycles. The lowest BCUT2D eigenvalue weighted by Gasteiger charge is -2.21. The van der Waals surface area contributed by atoms with Crippen molar-refractivity contribution in [3.8, 4) is 17.2 Å². The minimum Gasteiger partial charge on any atom is -0.486 e. The summed E-state index contributed by atoms with van der Waals surface area (Å²) in [4.78, 5) is 12.1. The van der Waals surface area contributed by atoms with Crippen LogP contribution in [0.2, 0.25) is 0 Å². The van der Waals surface area contributed by atoms with Crippen LogP contribution in [0.3, 0.4) is 0 Å². The molecule has 0 saturated carbocycles. The van der Waals surface area contributed by atoms with E-state index in [4.69, 9.17) is 14.2 Å². The SMILES string of the molecule is C[C@H](NC(=O)COc1ccc(Br)cc1)c1ccc2c(c1)OCCO2. The average molecular weight is 392 g/mol. The van der Waals surface area contributed by atoms with Gasteiger partial charge in [0.1, 0.15) is 19.0 Å². The van der Waals surface area contributed by atoms with Crippen LogP contribution in [0, 0.1) is 0 Å². The Kier molecular flexibility index (Phi) is 5.25. The maximum Gasteiger partial charge on any atom is 0.258 e. The van der Waals surface area contributed by atoms with Gasteiger partial charge in [0.15, 0.2) is 18.1 Å². The Bertz CT molecular complexity index is 717. The predicted octanol–water partition coefficient (Wildman–Crippen LogP) is 3.48. The second-order valence-corrected chi connectivity index (χ2v) is 6.35. The van der Waals surface area contributed by atoms with Gasteiger partial charge < -0.3 is 19.5 Å². The van der Waals surface area contributed by atoms with E-state index in [1.54, 1.807) is 0 Å². The van der Waals surface area contributed by atoms with Gasteiger partial charge in [0.05, 0.1) is 6.04 Å². The maximum atomic E-state index is 12.1. The molecular formula is C18H18BrNO4. The zero-order valence-electron chi connectivity index (χ0n) is 13.3. The van der Waals surface area contributed by atoms with Crippen molar-refractivity contribution >= 4 is 21.8 Å². The van der Waals surface area contributed by atoms with Crippen molar-refractivity contribution < 1.29 is 19.0 Å². The third kappa shape index (κ3) is 4.20. The number of hydrogen-bond acceptors (Lipinski definition) is 4.